The third-order valence-corrected chi connectivity index (χ3v) is 0.547. The minimum atomic E-state index is -0.542. The number of carbonyl (C=O) groups excluding carboxylic acids is 2. The summed E-state index contributed by atoms with van der Waals surface area (Å²) in [7, 11) is 1.42. The lowest BCUT2D eigenvalue weighted by Crippen LogP contribution is -2.24. The summed E-state index contributed by atoms with van der Waals surface area (Å²) in [5.41, 5.74) is 0. The van der Waals surface area contributed by atoms with Gasteiger partial charge in [0.15, 0.2) is 0 Å². The second-order valence-corrected chi connectivity index (χ2v) is 2.87. The number of hydrogen-bond acceptors (Lipinski definition) is 2. The molecule has 80 valence electrons. The summed E-state index contributed by atoms with van der Waals surface area (Å²) in [5, 5.41) is 2.18. The fraction of sp³-hybridized carbons (Fsp3) is 0.800. The quantitative estimate of drug-likeness (QED) is 0.641. The van der Waals surface area contributed by atoms with Crippen molar-refractivity contribution >= 4 is 11.7 Å². The maximum atomic E-state index is 10.1. The summed E-state index contributed by atoms with van der Waals surface area (Å²) in [4.78, 5) is 20.0. The summed E-state index contributed by atoms with van der Waals surface area (Å²) in [5.74, 6) is -0.164. The zero-order chi connectivity index (χ0) is 11.4. The van der Waals surface area contributed by atoms with E-state index in [0.717, 1.165) is 5.92 Å². The monoisotopic (exact) mass is 189 g/mol. The van der Waals surface area contributed by atoms with Crippen LogP contribution in [-0.4, -0.2) is 18.7 Å². The largest absolute Gasteiger partial charge is 0.353 e. The number of amides is 1. The first-order chi connectivity index (χ1) is 5.91. The van der Waals surface area contributed by atoms with E-state index >= 15 is 0 Å². The van der Waals surface area contributed by atoms with E-state index in [2.05, 4.69) is 26.1 Å². The third-order valence-electron chi connectivity index (χ3n) is 0.547. The molecule has 0 bridgehead atoms. The molecule has 0 spiro atoms. The normalized spacial score (nSPS) is 7.38. The van der Waals surface area contributed by atoms with Crippen molar-refractivity contribution in [1.82, 2.24) is 5.32 Å². The van der Waals surface area contributed by atoms with Crippen molar-refractivity contribution in [3.05, 3.63) is 0 Å². The molecule has 3 heteroatoms. The van der Waals surface area contributed by atoms with Gasteiger partial charge in [-0.15, -0.1) is 0 Å². The van der Waals surface area contributed by atoms with Crippen LogP contribution in [0.3, 0.4) is 0 Å². The van der Waals surface area contributed by atoms with Crippen LogP contribution in [0, 0.1) is 5.92 Å². The molecule has 1 amide bonds. The van der Waals surface area contributed by atoms with Crippen LogP contribution >= 0.6 is 0 Å². The van der Waals surface area contributed by atoms with E-state index in [1.165, 1.54) is 14.0 Å². The molecule has 0 fully saturated rings. The number of hydrogen-bond donors (Lipinski definition) is 1. The molecule has 1 N–H and O–H groups in total. The molecule has 0 aliphatic rings. The minimum Gasteiger partial charge on any atom is -0.353 e. The Morgan fingerprint density at radius 1 is 1.08 bits per heavy atom. The highest BCUT2D eigenvalue weighted by Crippen LogP contribution is 1.81. The van der Waals surface area contributed by atoms with Gasteiger partial charge in [-0.05, 0) is 5.92 Å². The number of Topliss-reactive ketones (excluding diaryl/α,β-unsaturated/α-hetero) is 1. The summed E-state index contributed by atoms with van der Waals surface area (Å²) >= 11 is 0. The molecule has 0 heterocycles. The van der Waals surface area contributed by atoms with Crippen LogP contribution in [0.15, 0.2) is 0 Å². The Hall–Kier alpha value is -0.860. The average Bonchev–Trinajstić information content (AvgIpc) is 2.05. The van der Waals surface area contributed by atoms with Crippen molar-refractivity contribution in [2.75, 3.05) is 7.05 Å². The predicted octanol–water partition coefficient (Wildman–Crippen LogP) is 2.01. The van der Waals surface area contributed by atoms with Crippen molar-refractivity contribution in [2.45, 2.75) is 41.5 Å². The lowest BCUT2D eigenvalue weighted by atomic mass is 10.3. The van der Waals surface area contributed by atoms with Gasteiger partial charge in [-0.1, -0.05) is 34.6 Å². The fourth-order valence-electron chi connectivity index (χ4n) is 0.176. The second kappa shape index (κ2) is 13.7. The molecule has 0 saturated carbocycles. The lowest BCUT2D eigenvalue weighted by Gasteiger charge is -1.86. The number of ketones is 1. The Bertz CT molecular complexity index is 128. The van der Waals surface area contributed by atoms with Crippen molar-refractivity contribution in [3.63, 3.8) is 0 Å². The third kappa shape index (κ3) is 35.2. The Morgan fingerprint density at radius 3 is 1.31 bits per heavy atom. The Morgan fingerprint density at radius 2 is 1.31 bits per heavy atom. The predicted molar refractivity (Wildman–Crippen MR) is 56.6 cm³/mol. The average molecular weight is 189 g/mol. The van der Waals surface area contributed by atoms with Gasteiger partial charge in [0.25, 0.3) is 5.91 Å². The first-order valence-corrected chi connectivity index (χ1v) is 4.64. The van der Waals surface area contributed by atoms with Crippen LogP contribution < -0.4 is 5.32 Å². The SMILES string of the molecule is CC.CC(C)C.CNC(=O)C(C)=O. The van der Waals surface area contributed by atoms with Crippen LogP contribution in [-0.2, 0) is 9.59 Å². The number of likely N-dealkylation sites (N-methyl/N-ethyl adjacent to an activating group) is 1. The van der Waals surface area contributed by atoms with Crippen molar-refractivity contribution in [3.8, 4) is 0 Å². The molecule has 0 unspecified atom stereocenters. The number of carbonyl (C=O) groups is 2. The zero-order valence-electron chi connectivity index (χ0n) is 9.89. The van der Waals surface area contributed by atoms with E-state index < -0.39 is 11.7 Å². The standard InChI is InChI=1S/C4H7NO2.C4H10.C2H6/c1-3(6)4(7)5-2;1-4(2)3;1-2/h1-2H3,(H,5,7);4H,1-3H3;1-2H3. The van der Waals surface area contributed by atoms with Gasteiger partial charge in [0.05, 0.1) is 0 Å². The van der Waals surface area contributed by atoms with Gasteiger partial charge in [-0.2, -0.15) is 0 Å². The van der Waals surface area contributed by atoms with E-state index in [1.54, 1.807) is 0 Å². The molecule has 13 heavy (non-hydrogen) atoms. The smallest absolute Gasteiger partial charge is 0.286 e. The van der Waals surface area contributed by atoms with E-state index in [1.807, 2.05) is 13.8 Å². The maximum Gasteiger partial charge on any atom is 0.286 e. The van der Waals surface area contributed by atoms with Gasteiger partial charge < -0.3 is 5.32 Å². The van der Waals surface area contributed by atoms with Crippen molar-refractivity contribution in [1.29, 1.82) is 0 Å². The van der Waals surface area contributed by atoms with Gasteiger partial charge in [-0.3, -0.25) is 9.59 Å². The van der Waals surface area contributed by atoms with Gasteiger partial charge in [0.2, 0.25) is 5.78 Å². The molecule has 0 aromatic carbocycles. The summed E-state index contributed by atoms with van der Waals surface area (Å²) in [6.45, 7) is 11.7. The number of rotatable bonds is 1. The van der Waals surface area contributed by atoms with E-state index in [4.69, 9.17) is 0 Å². The van der Waals surface area contributed by atoms with Crippen LogP contribution in [0.2, 0.25) is 0 Å². The van der Waals surface area contributed by atoms with E-state index in [9.17, 15) is 9.59 Å². The topological polar surface area (TPSA) is 46.2 Å². The lowest BCUT2D eigenvalue weighted by molar-refractivity contribution is -0.136. The maximum absolute atomic E-state index is 10.1. The molecule has 0 aromatic rings. The molecule has 0 saturated heterocycles. The van der Waals surface area contributed by atoms with Crippen LogP contribution in [0.1, 0.15) is 41.5 Å². The van der Waals surface area contributed by atoms with Crippen LogP contribution in [0.5, 0.6) is 0 Å². The molecule has 0 radical (unpaired) electrons. The molecular weight excluding hydrogens is 166 g/mol. The summed E-state index contributed by atoms with van der Waals surface area (Å²) in [6.07, 6.45) is 0. The highest BCUT2D eigenvalue weighted by atomic mass is 16.2. The van der Waals surface area contributed by atoms with Gasteiger partial charge in [0.1, 0.15) is 0 Å². The van der Waals surface area contributed by atoms with Crippen LogP contribution in [0.4, 0.5) is 0 Å². The van der Waals surface area contributed by atoms with Gasteiger partial charge in [-0.25, -0.2) is 0 Å². The van der Waals surface area contributed by atoms with E-state index in [-0.39, 0.29) is 0 Å². The Kier molecular flexibility index (Phi) is 19.0. The van der Waals surface area contributed by atoms with E-state index in [0.29, 0.717) is 0 Å². The van der Waals surface area contributed by atoms with Crippen molar-refractivity contribution in [2.24, 2.45) is 5.92 Å². The highest BCUT2D eigenvalue weighted by Gasteiger charge is 2.00. The van der Waals surface area contributed by atoms with Crippen molar-refractivity contribution < 1.29 is 9.59 Å². The minimum absolute atomic E-state index is 0.456. The fourth-order valence-corrected chi connectivity index (χ4v) is 0.176. The molecular formula is C10H23NO2. The molecule has 0 rings (SSSR count). The second-order valence-electron chi connectivity index (χ2n) is 2.87. The molecule has 0 aliphatic carbocycles. The number of nitrogens with one attached hydrogen (secondary N) is 1. The summed E-state index contributed by atoms with van der Waals surface area (Å²) in [6, 6.07) is 0. The molecule has 0 atom stereocenters. The Labute approximate surface area is 81.9 Å². The van der Waals surface area contributed by atoms with Gasteiger partial charge in [0, 0.05) is 14.0 Å². The molecule has 0 aromatic heterocycles. The molecule has 3 nitrogen and oxygen atoms in total. The first kappa shape index (κ1) is 18.0. The Balaban J connectivity index is -0.000000142. The van der Waals surface area contributed by atoms with Gasteiger partial charge >= 0.3 is 0 Å². The molecule has 0 aliphatic heterocycles. The highest BCUT2D eigenvalue weighted by molar-refractivity contribution is 6.35. The van der Waals surface area contributed by atoms with Crippen LogP contribution in [0.25, 0.3) is 0 Å². The first-order valence-electron chi connectivity index (χ1n) is 4.64. The zero-order valence-corrected chi connectivity index (χ0v) is 9.89. The summed E-state index contributed by atoms with van der Waals surface area (Å²) < 4.78 is 0.